The van der Waals surface area contributed by atoms with Gasteiger partial charge in [-0.25, -0.2) is 0 Å². The number of amides is 1. The highest BCUT2D eigenvalue weighted by atomic mass is 79.9. The molecule has 1 atom stereocenters. The maximum atomic E-state index is 10.6. The van der Waals surface area contributed by atoms with Crippen molar-refractivity contribution < 1.29 is 4.79 Å². The normalized spacial score (nSPS) is 12.4. The second-order valence-electron chi connectivity index (χ2n) is 3.77. The lowest BCUT2D eigenvalue weighted by molar-refractivity contribution is -0.118. The SMILES string of the molecule is CC(NCCCC(N)=O)c1ccccc1Br. The number of benzene rings is 1. The molecule has 1 amide bonds. The minimum absolute atomic E-state index is 0.240. The first-order valence-corrected chi connectivity index (χ1v) is 6.16. The van der Waals surface area contributed by atoms with Gasteiger partial charge >= 0.3 is 0 Å². The van der Waals surface area contributed by atoms with Gasteiger partial charge in [0.25, 0.3) is 0 Å². The van der Waals surface area contributed by atoms with Gasteiger partial charge in [0.2, 0.25) is 5.91 Å². The molecule has 0 aromatic heterocycles. The summed E-state index contributed by atoms with van der Waals surface area (Å²) in [6, 6.07) is 8.38. The summed E-state index contributed by atoms with van der Waals surface area (Å²) in [4.78, 5) is 10.6. The molecule has 88 valence electrons. The van der Waals surface area contributed by atoms with E-state index < -0.39 is 0 Å². The van der Waals surface area contributed by atoms with E-state index in [9.17, 15) is 4.79 Å². The maximum absolute atomic E-state index is 10.6. The molecular formula is C12H17BrN2O. The minimum Gasteiger partial charge on any atom is -0.370 e. The van der Waals surface area contributed by atoms with Gasteiger partial charge < -0.3 is 11.1 Å². The van der Waals surface area contributed by atoms with Gasteiger partial charge in [0.1, 0.15) is 0 Å². The van der Waals surface area contributed by atoms with E-state index in [1.54, 1.807) is 0 Å². The Morgan fingerprint density at radius 2 is 2.19 bits per heavy atom. The Hall–Kier alpha value is -0.870. The van der Waals surface area contributed by atoms with Crippen molar-refractivity contribution >= 4 is 21.8 Å². The highest BCUT2D eigenvalue weighted by Gasteiger charge is 2.07. The largest absolute Gasteiger partial charge is 0.370 e. The van der Waals surface area contributed by atoms with Crippen molar-refractivity contribution in [1.82, 2.24) is 5.32 Å². The zero-order valence-corrected chi connectivity index (χ0v) is 11.0. The van der Waals surface area contributed by atoms with Crippen LogP contribution in [0.2, 0.25) is 0 Å². The molecule has 0 aliphatic rings. The van der Waals surface area contributed by atoms with Gasteiger partial charge in [-0.15, -0.1) is 0 Å². The molecule has 1 unspecified atom stereocenters. The second kappa shape index (κ2) is 6.66. The number of carbonyl (C=O) groups is 1. The van der Waals surface area contributed by atoms with Crippen LogP contribution in [0.25, 0.3) is 0 Å². The number of nitrogens with two attached hydrogens (primary N) is 1. The highest BCUT2D eigenvalue weighted by Crippen LogP contribution is 2.22. The van der Waals surface area contributed by atoms with Crippen molar-refractivity contribution in [2.75, 3.05) is 6.54 Å². The smallest absolute Gasteiger partial charge is 0.217 e. The summed E-state index contributed by atoms with van der Waals surface area (Å²) in [5.74, 6) is -0.240. The molecule has 4 heteroatoms. The number of primary amides is 1. The standard InChI is InChI=1S/C12H17BrN2O/c1-9(15-8-4-7-12(14)16)10-5-2-3-6-11(10)13/h2-3,5-6,9,15H,4,7-8H2,1H3,(H2,14,16). The summed E-state index contributed by atoms with van der Waals surface area (Å²) in [6.45, 7) is 2.90. The van der Waals surface area contributed by atoms with Crippen LogP contribution in [-0.4, -0.2) is 12.5 Å². The minimum atomic E-state index is -0.240. The number of hydrogen-bond acceptors (Lipinski definition) is 2. The molecule has 0 spiro atoms. The van der Waals surface area contributed by atoms with E-state index in [-0.39, 0.29) is 11.9 Å². The van der Waals surface area contributed by atoms with E-state index >= 15 is 0 Å². The fourth-order valence-corrected chi connectivity index (χ4v) is 2.15. The number of halogens is 1. The lowest BCUT2D eigenvalue weighted by Crippen LogP contribution is -2.22. The first-order chi connectivity index (χ1) is 7.61. The van der Waals surface area contributed by atoms with Gasteiger partial charge in [-0.3, -0.25) is 4.79 Å². The molecular weight excluding hydrogens is 268 g/mol. The Bertz CT molecular complexity index is 355. The van der Waals surface area contributed by atoms with Crippen LogP contribution in [0.1, 0.15) is 31.4 Å². The van der Waals surface area contributed by atoms with Gasteiger partial charge in [-0.2, -0.15) is 0 Å². The summed E-state index contributed by atoms with van der Waals surface area (Å²) >= 11 is 3.51. The molecule has 0 radical (unpaired) electrons. The average molecular weight is 285 g/mol. The average Bonchev–Trinajstić information content (AvgIpc) is 2.24. The molecule has 0 bridgehead atoms. The Morgan fingerprint density at radius 1 is 1.50 bits per heavy atom. The molecule has 0 heterocycles. The van der Waals surface area contributed by atoms with Crippen molar-refractivity contribution in [2.45, 2.75) is 25.8 Å². The zero-order valence-electron chi connectivity index (χ0n) is 9.37. The van der Waals surface area contributed by atoms with Crippen LogP contribution < -0.4 is 11.1 Å². The molecule has 16 heavy (non-hydrogen) atoms. The summed E-state index contributed by atoms with van der Waals surface area (Å²) < 4.78 is 1.10. The second-order valence-corrected chi connectivity index (χ2v) is 4.62. The zero-order chi connectivity index (χ0) is 12.0. The fourth-order valence-electron chi connectivity index (χ4n) is 1.52. The van der Waals surface area contributed by atoms with Crippen molar-refractivity contribution in [3.8, 4) is 0 Å². The first kappa shape index (κ1) is 13.2. The van der Waals surface area contributed by atoms with Crippen LogP contribution in [0.15, 0.2) is 28.7 Å². The van der Waals surface area contributed by atoms with E-state index in [0.717, 1.165) is 17.4 Å². The maximum Gasteiger partial charge on any atom is 0.217 e. The topological polar surface area (TPSA) is 55.1 Å². The molecule has 3 nitrogen and oxygen atoms in total. The van der Waals surface area contributed by atoms with Crippen LogP contribution in [0.5, 0.6) is 0 Å². The Morgan fingerprint density at radius 3 is 2.81 bits per heavy atom. The Kier molecular flexibility index (Phi) is 5.49. The van der Waals surface area contributed by atoms with Crippen molar-refractivity contribution in [3.05, 3.63) is 34.3 Å². The molecule has 1 aromatic rings. The van der Waals surface area contributed by atoms with Crippen molar-refractivity contribution in [3.63, 3.8) is 0 Å². The van der Waals surface area contributed by atoms with Crippen LogP contribution in [0, 0.1) is 0 Å². The summed E-state index contributed by atoms with van der Waals surface area (Å²) in [5.41, 5.74) is 6.29. The van der Waals surface area contributed by atoms with E-state index in [1.807, 2.05) is 18.2 Å². The van der Waals surface area contributed by atoms with Gasteiger partial charge in [-0.1, -0.05) is 34.1 Å². The molecule has 0 aliphatic heterocycles. The van der Waals surface area contributed by atoms with E-state index in [2.05, 4.69) is 34.2 Å². The van der Waals surface area contributed by atoms with E-state index in [4.69, 9.17) is 5.73 Å². The summed E-state index contributed by atoms with van der Waals surface area (Å²) in [7, 11) is 0. The van der Waals surface area contributed by atoms with Gasteiger partial charge in [0.15, 0.2) is 0 Å². The number of rotatable bonds is 6. The number of hydrogen-bond donors (Lipinski definition) is 2. The molecule has 1 aromatic carbocycles. The monoisotopic (exact) mass is 284 g/mol. The summed E-state index contributed by atoms with van der Waals surface area (Å²) in [5, 5.41) is 3.36. The molecule has 0 saturated heterocycles. The first-order valence-electron chi connectivity index (χ1n) is 5.37. The third-order valence-corrected chi connectivity index (χ3v) is 3.14. The summed E-state index contributed by atoms with van der Waals surface area (Å²) in [6.07, 6.45) is 1.22. The van der Waals surface area contributed by atoms with Gasteiger partial charge in [0.05, 0.1) is 0 Å². The third kappa shape index (κ3) is 4.33. The quantitative estimate of drug-likeness (QED) is 0.788. The van der Waals surface area contributed by atoms with Crippen molar-refractivity contribution in [2.24, 2.45) is 5.73 Å². The van der Waals surface area contributed by atoms with Crippen LogP contribution in [0.3, 0.4) is 0 Å². The van der Waals surface area contributed by atoms with Crippen LogP contribution in [0.4, 0.5) is 0 Å². The molecule has 0 saturated carbocycles. The number of carbonyl (C=O) groups excluding carboxylic acids is 1. The Labute approximate surface area is 105 Å². The Balaban J connectivity index is 2.38. The number of nitrogens with one attached hydrogen (secondary N) is 1. The van der Waals surface area contributed by atoms with Crippen molar-refractivity contribution in [1.29, 1.82) is 0 Å². The molecule has 0 fully saturated rings. The van der Waals surface area contributed by atoms with Gasteiger partial charge in [-0.05, 0) is 31.5 Å². The molecule has 0 aliphatic carbocycles. The molecule has 1 rings (SSSR count). The van der Waals surface area contributed by atoms with E-state index in [1.165, 1.54) is 5.56 Å². The van der Waals surface area contributed by atoms with Crippen LogP contribution in [-0.2, 0) is 4.79 Å². The lowest BCUT2D eigenvalue weighted by atomic mass is 10.1. The van der Waals surface area contributed by atoms with Crippen LogP contribution >= 0.6 is 15.9 Å². The third-order valence-electron chi connectivity index (χ3n) is 2.42. The highest BCUT2D eigenvalue weighted by molar-refractivity contribution is 9.10. The predicted molar refractivity (Wildman–Crippen MR) is 69.0 cm³/mol. The lowest BCUT2D eigenvalue weighted by Gasteiger charge is -2.15. The van der Waals surface area contributed by atoms with Gasteiger partial charge in [0, 0.05) is 16.9 Å². The molecule has 3 N–H and O–H groups in total. The fraction of sp³-hybridized carbons (Fsp3) is 0.417. The predicted octanol–water partition coefficient (Wildman–Crippen LogP) is 2.37. The van der Waals surface area contributed by atoms with E-state index in [0.29, 0.717) is 6.42 Å².